The Balaban J connectivity index is 2.20. The van der Waals surface area contributed by atoms with Crippen LogP contribution in [-0.2, 0) is 6.42 Å². The van der Waals surface area contributed by atoms with Crippen molar-refractivity contribution in [3.05, 3.63) is 34.1 Å². The van der Waals surface area contributed by atoms with E-state index in [1.165, 1.54) is 6.07 Å². The third-order valence-electron chi connectivity index (χ3n) is 2.61. The maximum absolute atomic E-state index is 13.0. The Morgan fingerprint density at radius 2 is 2.06 bits per heavy atom. The second-order valence-corrected chi connectivity index (χ2v) is 5.65. The Hall–Kier alpha value is -0.410. The Morgan fingerprint density at radius 1 is 1.29 bits per heavy atom. The van der Waals surface area contributed by atoms with Gasteiger partial charge in [-0.1, -0.05) is 29.8 Å². The van der Waals surface area contributed by atoms with Crippen LogP contribution in [0.1, 0.15) is 32.3 Å². The number of nitrogens with one attached hydrogen (secondary N) is 1. The standard InChI is InChI=1S/C14H21BrFN/c1-11(2)10-17-8-4-3-5-12-9-13(16)6-7-14(12)15/h6-7,9,11,17H,3-5,8,10H2,1-2H3. The summed E-state index contributed by atoms with van der Waals surface area (Å²) in [5, 5.41) is 3.41. The largest absolute Gasteiger partial charge is 0.316 e. The van der Waals surface area contributed by atoms with Gasteiger partial charge in [-0.2, -0.15) is 0 Å². The van der Waals surface area contributed by atoms with Crippen LogP contribution in [0.5, 0.6) is 0 Å². The molecule has 0 amide bonds. The molecule has 17 heavy (non-hydrogen) atoms. The van der Waals surface area contributed by atoms with Gasteiger partial charge in [0.2, 0.25) is 0 Å². The van der Waals surface area contributed by atoms with E-state index in [0.29, 0.717) is 5.92 Å². The lowest BCUT2D eigenvalue weighted by Crippen LogP contribution is -2.20. The van der Waals surface area contributed by atoms with Crippen molar-refractivity contribution in [1.29, 1.82) is 0 Å². The number of unbranched alkanes of at least 4 members (excludes halogenated alkanes) is 1. The summed E-state index contributed by atoms with van der Waals surface area (Å²) in [6.45, 7) is 6.53. The summed E-state index contributed by atoms with van der Waals surface area (Å²) in [5.41, 5.74) is 1.06. The highest BCUT2D eigenvalue weighted by atomic mass is 79.9. The third-order valence-corrected chi connectivity index (χ3v) is 3.38. The Labute approximate surface area is 112 Å². The van der Waals surface area contributed by atoms with Crippen LogP contribution in [0.3, 0.4) is 0 Å². The number of aryl methyl sites for hydroxylation is 1. The summed E-state index contributed by atoms with van der Waals surface area (Å²) < 4.78 is 14.0. The van der Waals surface area contributed by atoms with Crippen LogP contribution >= 0.6 is 15.9 Å². The topological polar surface area (TPSA) is 12.0 Å². The molecule has 3 heteroatoms. The molecule has 0 spiro atoms. The predicted molar refractivity (Wildman–Crippen MR) is 74.7 cm³/mol. The smallest absolute Gasteiger partial charge is 0.123 e. The zero-order chi connectivity index (χ0) is 12.7. The highest BCUT2D eigenvalue weighted by molar-refractivity contribution is 9.10. The van der Waals surface area contributed by atoms with Gasteiger partial charge in [0.25, 0.3) is 0 Å². The van der Waals surface area contributed by atoms with Crippen molar-refractivity contribution < 1.29 is 4.39 Å². The van der Waals surface area contributed by atoms with Crippen molar-refractivity contribution in [3.63, 3.8) is 0 Å². The number of rotatable bonds is 7. The fourth-order valence-corrected chi connectivity index (χ4v) is 2.14. The number of halogens is 2. The fourth-order valence-electron chi connectivity index (χ4n) is 1.69. The molecule has 0 unspecified atom stereocenters. The summed E-state index contributed by atoms with van der Waals surface area (Å²) in [4.78, 5) is 0. The fraction of sp³-hybridized carbons (Fsp3) is 0.571. The van der Waals surface area contributed by atoms with Gasteiger partial charge in [-0.05, 0) is 62.0 Å². The molecular weight excluding hydrogens is 281 g/mol. The summed E-state index contributed by atoms with van der Waals surface area (Å²) >= 11 is 3.45. The molecule has 1 nitrogen and oxygen atoms in total. The molecule has 0 aromatic heterocycles. The van der Waals surface area contributed by atoms with Crippen LogP contribution < -0.4 is 5.32 Å². The van der Waals surface area contributed by atoms with Crippen LogP contribution in [0.4, 0.5) is 4.39 Å². The van der Waals surface area contributed by atoms with E-state index in [1.54, 1.807) is 12.1 Å². The molecular formula is C14H21BrFN. The van der Waals surface area contributed by atoms with E-state index in [1.807, 2.05) is 0 Å². The van der Waals surface area contributed by atoms with Crippen molar-refractivity contribution in [3.8, 4) is 0 Å². The second kappa shape index (κ2) is 7.83. The molecule has 0 saturated carbocycles. The van der Waals surface area contributed by atoms with Gasteiger partial charge < -0.3 is 5.32 Å². The van der Waals surface area contributed by atoms with Gasteiger partial charge in [-0.15, -0.1) is 0 Å². The Bertz CT molecular complexity index is 339. The van der Waals surface area contributed by atoms with E-state index >= 15 is 0 Å². The lowest BCUT2D eigenvalue weighted by molar-refractivity contribution is 0.535. The van der Waals surface area contributed by atoms with Crippen molar-refractivity contribution in [2.75, 3.05) is 13.1 Å². The maximum atomic E-state index is 13.0. The zero-order valence-electron chi connectivity index (χ0n) is 10.6. The molecule has 1 aromatic carbocycles. The van der Waals surface area contributed by atoms with Gasteiger partial charge in [0.15, 0.2) is 0 Å². The predicted octanol–water partition coefficient (Wildman–Crippen LogP) is 4.16. The third kappa shape index (κ3) is 6.18. The van der Waals surface area contributed by atoms with Gasteiger partial charge in [0, 0.05) is 4.47 Å². The zero-order valence-corrected chi connectivity index (χ0v) is 12.2. The molecule has 96 valence electrons. The quantitative estimate of drug-likeness (QED) is 0.746. The van der Waals surface area contributed by atoms with E-state index in [-0.39, 0.29) is 5.82 Å². The average molecular weight is 302 g/mol. The summed E-state index contributed by atoms with van der Waals surface area (Å²) in [7, 11) is 0. The second-order valence-electron chi connectivity index (χ2n) is 4.79. The Morgan fingerprint density at radius 3 is 2.76 bits per heavy atom. The number of hydrogen-bond acceptors (Lipinski definition) is 1. The van der Waals surface area contributed by atoms with Crippen LogP contribution in [0.25, 0.3) is 0 Å². The van der Waals surface area contributed by atoms with Crippen molar-refractivity contribution in [2.45, 2.75) is 33.1 Å². The lowest BCUT2D eigenvalue weighted by atomic mass is 10.1. The van der Waals surface area contributed by atoms with E-state index in [9.17, 15) is 4.39 Å². The average Bonchev–Trinajstić information content (AvgIpc) is 2.27. The lowest BCUT2D eigenvalue weighted by Gasteiger charge is -2.08. The Kier molecular flexibility index (Phi) is 6.75. The van der Waals surface area contributed by atoms with Crippen molar-refractivity contribution in [2.24, 2.45) is 5.92 Å². The van der Waals surface area contributed by atoms with E-state index < -0.39 is 0 Å². The number of benzene rings is 1. The molecule has 1 aromatic rings. The maximum Gasteiger partial charge on any atom is 0.123 e. The molecule has 0 fully saturated rings. The molecule has 0 bridgehead atoms. The first kappa shape index (κ1) is 14.7. The van der Waals surface area contributed by atoms with Gasteiger partial charge in [-0.3, -0.25) is 0 Å². The van der Waals surface area contributed by atoms with Crippen molar-refractivity contribution in [1.82, 2.24) is 5.32 Å². The molecule has 1 rings (SSSR count). The van der Waals surface area contributed by atoms with Crippen LogP contribution in [0.2, 0.25) is 0 Å². The summed E-state index contributed by atoms with van der Waals surface area (Å²) in [6.07, 6.45) is 3.16. The molecule has 0 aliphatic carbocycles. The van der Waals surface area contributed by atoms with E-state index in [4.69, 9.17) is 0 Å². The minimum atomic E-state index is -0.152. The van der Waals surface area contributed by atoms with Gasteiger partial charge >= 0.3 is 0 Å². The molecule has 0 saturated heterocycles. The van der Waals surface area contributed by atoms with E-state index in [2.05, 4.69) is 35.1 Å². The van der Waals surface area contributed by atoms with Gasteiger partial charge in [-0.25, -0.2) is 4.39 Å². The molecule has 0 aliphatic rings. The van der Waals surface area contributed by atoms with Crippen LogP contribution in [-0.4, -0.2) is 13.1 Å². The van der Waals surface area contributed by atoms with Crippen molar-refractivity contribution >= 4 is 15.9 Å². The van der Waals surface area contributed by atoms with Crippen LogP contribution in [0.15, 0.2) is 22.7 Å². The minimum Gasteiger partial charge on any atom is -0.316 e. The molecule has 0 heterocycles. The first-order chi connectivity index (χ1) is 8.09. The molecule has 0 atom stereocenters. The molecule has 0 radical (unpaired) electrons. The highest BCUT2D eigenvalue weighted by Gasteiger charge is 2.01. The van der Waals surface area contributed by atoms with E-state index in [0.717, 1.165) is 42.4 Å². The summed E-state index contributed by atoms with van der Waals surface area (Å²) in [5.74, 6) is 0.550. The molecule has 0 aliphatic heterocycles. The van der Waals surface area contributed by atoms with Gasteiger partial charge in [0.05, 0.1) is 0 Å². The highest BCUT2D eigenvalue weighted by Crippen LogP contribution is 2.19. The SMILES string of the molecule is CC(C)CNCCCCc1cc(F)ccc1Br. The summed E-state index contributed by atoms with van der Waals surface area (Å²) in [6, 6.07) is 4.88. The van der Waals surface area contributed by atoms with Crippen LogP contribution in [0, 0.1) is 11.7 Å². The minimum absolute atomic E-state index is 0.152. The first-order valence-corrected chi connectivity index (χ1v) is 7.03. The molecule has 1 N–H and O–H groups in total. The number of hydrogen-bond donors (Lipinski definition) is 1. The normalized spacial score (nSPS) is 11.1. The van der Waals surface area contributed by atoms with Gasteiger partial charge in [0.1, 0.15) is 5.82 Å². The monoisotopic (exact) mass is 301 g/mol. The first-order valence-electron chi connectivity index (χ1n) is 6.24.